The fraction of sp³-hybridized carbons (Fsp3) is 0.714. The number of hydrogen-bond acceptors (Lipinski definition) is 3. The van der Waals surface area contributed by atoms with Gasteiger partial charge in [-0.15, -0.1) is 0 Å². The van der Waals surface area contributed by atoms with Crippen LogP contribution in [0.4, 0.5) is 0 Å². The molecule has 1 N–H and O–H groups in total. The lowest BCUT2D eigenvalue weighted by Gasteiger charge is -2.14. The summed E-state index contributed by atoms with van der Waals surface area (Å²) in [6.07, 6.45) is 0.699. The highest BCUT2D eigenvalue weighted by Gasteiger charge is 2.12. The average molecular weight is 173 g/mol. The van der Waals surface area contributed by atoms with Gasteiger partial charge >= 0.3 is 5.97 Å². The van der Waals surface area contributed by atoms with Crippen molar-refractivity contribution in [2.75, 3.05) is 6.61 Å². The molecule has 0 aliphatic heterocycles. The lowest BCUT2D eigenvalue weighted by molar-refractivity contribution is -0.134. The summed E-state index contributed by atoms with van der Waals surface area (Å²) in [5.41, 5.74) is 0. The highest BCUT2D eigenvalue weighted by atomic mass is 28.3. The zero-order valence-corrected chi connectivity index (χ0v) is 8.31. The van der Waals surface area contributed by atoms with Gasteiger partial charge in [-0.1, -0.05) is 19.6 Å². The minimum absolute atomic E-state index is 0.462. The van der Waals surface area contributed by atoms with Crippen molar-refractivity contribution in [2.24, 2.45) is 0 Å². The fourth-order valence-corrected chi connectivity index (χ4v) is 1.21. The largest absolute Gasteiger partial charge is 0.462 e. The van der Waals surface area contributed by atoms with Gasteiger partial charge in [-0.05, 0) is 6.04 Å². The van der Waals surface area contributed by atoms with E-state index in [1.807, 2.05) is 0 Å². The molecule has 0 unspecified atom stereocenters. The lowest BCUT2D eigenvalue weighted by atomic mass is 10.7. The molecule has 0 atom stereocenters. The molecule has 11 heavy (non-hydrogen) atoms. The molecule has 0 aliphatic carbocycles. The maximum Gasteiger partial charge on any atom is 0.348 e. The van der Waals surface area contributed by atoms with E-state index in [1.54, 1.807) is 0 Å². The van der Waals surface area contributed by atoms with Gasteiger partial charge in [-0.3, -0.25) is 0 Å². The second-order valence-corrected chi connectivity index (χ2v) is 9.24. The van der Waals surface area contributed by atoms with Crippen LogP contribution in [0.25, 0.3) is 0 Å². The molecule has 0 bridgehead atoms. The van der Waals surface area contributed by atoms with Crippen LogP contribution >= 0.6 is 0 Å². The van der Waals surface area contributed by atoms with Crippen LogP contribution in [-0.4, -0.2) is 26.9 Å². The van der Waals surface area contributed by atoms with Gasteiger partial charge in [0, 0.05) is 8.07 Å². The van der Waals surface area contributed by atoms with Crippen LogP contribution < -0.4 is 0 Å². The molecule has 0 saturated carbocycles. The van der Waals surface area contributed by atoms with Gasteiger partial charge in [0.15, 0.2) is 0 Å². The Morgan fingerprint density at radius 1 is 1.55 bits per heavy atom. The molecule has 0 saturated heterocycles. The van der Waals surface area contributed by atoms with Crippen LogP contribution in [0.3, 0.4) is 0 Å². The molecule has 0 aliphatic rings. The molecule has 3 nitrogen and oxygen atoms in total. The van der Waals surface area contributed by atoms with Gasteiger partial charge in [-0.25, -0.2) is 4.79 Å². The summed E-state index contributed by atoms with van der Waals surface area (Å²) < 4.78 is 4.72. The highest BCUT2D eigenvalue weighted by Crippen LogP contribution is 2.07. The van der Waals surface area contributed by atoms with Crippen molar-refractivity contribution in [3.8, 4) is 0 Å². The number of hydrogen-bond donors (Lipinski definition) is 1. The fourth-order valence-electron chi connectivity index (χ4n) is 0.499. The Morgan fingerprint density at radius 3 is 2.45 bits per heavy atom. The third-order valence-corrected chi connectivity index (χ3v) is 2.92. The molecular weight excluding hydrogens is 158 g/mol. The maximum absolute atomic E-state index is 10.4. The smallest absolute Gasteiger partial charge is 0.348 e. The van der Waals surface area contributed by atoms with Crippen molar-refractivity contribution < 1.29 is 9.53 Å². The lowest BCUT2D eigenvalue weighted by Crippen LogP contribution is -2.22. The first-order valence-corrected chi connectivity index (χ1v) is 7.33. The zero-order valence-electron chi connectivity index (χ0n) is 7.31. The van der Waals surface area contributed by atoms with E-state index in [9.17, 15) is 4.79 Å². The quantitative estimate of drug-likeness (QED) is 0.398. The number of carbonyl (C=O) groups excluding carboxylic acids is 1. The standard InChI is InChI=1S/C7H15NO2Si/c1-11(2,3)5-4-10-7(9)6-8/h6,8H,4-5H2,1-3H3. The van der Waals surface area contributed by atoms with Gasteiger partial charge in [0.2, 0.25) is 0 Å². The van der Waals surface area contributed by atoms with Crippen molar-refractivity contribution >= 4 is 20.3 Å². The SMILES string of the molecule is C[Si](C)(C)CCOC(=O)C=N. The van der Waals surface area contributed by atoms with Gasteiger partial charge in [0.05, 0.1) is 6.61 Å². The molecule has 64 valence electrons. The van der Waals surface area contributed by atoms with E-state index in [1.165, 1.54) is 0 Å². The molecule has 0 fully saturated rings. The Hall–Kier alpha value is -0.643. The van der Waals surface area contributed by atoms with E-state index in [0.29, 0.717) is 12.8 Å². The molecule has 0 aromatic carbocycles. The number of carbonyl (C=O) groups is 1. The number of esters is 1. The topological polar surface area (TPSA) is 50.2 Å². The molecular formula is C7H15NO2Si. The summed E-state index contributed by atoms with van der Waals surface area (Å²) in [5, 5.41) is 6.55. The number of rotatable bonds is 4. The maximum atomic E-state index is 10.4. The molecule has 4 heteroatoms. The van der Waals surface area contributed by atoms with E-state index in [4.69, 9.17) is 10.1 Å². The minimum atomic E-state index is -1.09. The normalized spacial score (nSPS) is 10.8. The number of ether oxygens (including phenoxy) is 1. The van der Waals surface area contributed by atoms with Crippen LogP contribution in [0.1, 0.15) is 0 Å². The summed E-state index contributed by atoms with van der Waals surface area (Å²) >= 11 is 0. The van der Waals surface area contributed by atoms with Gasteiger partial charge in [0.1, 0.15) is 6.21 Å². The van der Waals surface area contributed by atoms with E-state index >= 15 is 0 Å². The van der Waals surface area contributed by atoms with Crippen LogP contribution in [0.2, 0.25) is 25.7 Å². The predicted molar refractivity (Wildman–Crippen MR) is 47.9 cm³/mol. The van der Waals surface area contributed by atoms with Crippen molar-refractivity contribution in [3.05, 3.63) is 0 Å². The Bertz CT molecular complexity index is 151. The average Bonchev–Trinajstić information content (AvgIpc) is 1.85. The van der Waals surface area contributed by atoms with Crippen LogP contribution in [0.15, 0.2) is 0 Å². The third-order valence-electron chi connectivity index (χ3n) is 1.21. The molecule has 0 heterocycles. The molecule has 0 amide bonds. The Labute approximate surface area is 68.3 Å². The predicted octanol–water partition coefficient (Wildman–Crippen LogP) is 1.52. The molecule has 0 aromatic heterocycles. The summed E-state index contributed by atoms with van der Waals surface area (Å²) in [7, 11) is -1.09. The Morgan fingerprint density at radius 2 is 2.09 bits per heavy atom. The monoisotopic (exact) mass is 173 g/mol. The van der Waals surface area contributed by atoms with E-state index in [-0.39, 0.29) is 0 Å². The summed E-state index contributed by atoms with van der Waals surface area (Å²) in [5.74, 6) is -0.539. The van der Waals surface area contributed by atoms with E-state index < -0.39 is 14.0 Å². The molecule has 0 radical (unpaired) electrons. The van der Waals surface area contributed by atoms with Crippen molar-refractivity contribution in [2.45, 2.75) is 25.7 Å². The first-order chi connectivity index (χ1) is 4.95. The minimum Gasteiger partial charge on any atom is -0.462 e. The Kier molecular flexibility index (Phi) is 4.03. The van der Waals surface area contributed by atoms with Gasteiger partial charge < -0.3 is 10.1 Å². The molecule has 0 aromatic rings. The second-order valence-electron chi connectivity index (χ2n) is 3.62. The van der Waals surface area contributed by atoms with Crippen molar-refractivity contribution in [3.63, 3.8) is 0 Å². The first kappa shape index (κ1) is 10.4. The van der Waals surface area contributed by atoms with Crippen molar-refractivity contribution in [1.82, 2.24) is 0 Å². The zero-order chi connectivity index (χ0) is 8.91. The first-order valence-electron chi connectivity index (χ1n) is 3.63. The summed E-state index contributed by atoms with van der Waals surface area (Å²) in [6.45, 7) is 7.10. The van der Waals surface area contributed by atoms with Gasteiger partial charge in [0.25, 0.3) is 0 Å². The van der Waals surface area contributed by atoms with Crippen molar-refractivity contribution in [1.29, 1.82) is 5.41 Å². The molecule has 0 rings (SSSR count). The summed E-state index contributed by atoms with van der Waals surface area (Å²) in [6, 6.07) is 0.965. The van der Waals surface area contributed by atoms with Crippen LogP contribution in [0, 0.1) is 5.41 Å². The van der Waals surface area contributed by atoms with Crippen LogP contribution in [0.5, 0.6) is 0 Å². The third kappa shape index (κ3) is 7.25. The summed E-state index contributed by atoms with van der Waals surface area (Å²) in [4.78, 5) is 10.4. The highest BCUT2D eigenvalue weighted by molar-refractivity contribution is 6.76. The van der Waals surface area contributed by atoms with E-state index in [0.717, 1.165) is 6.04 Å². The Balaban J connectivity index is 3.42. The van der Waals surface area contributed by atoms with E-state index in [2.05, 4.69) is 19.6 Å². The number of nitrogens with one attached hydrogen (secondary N) is 1. The van der Waals surface area contributed by atoms with Gasteiger partial charge in [-0.2, -0.15) is 0 Å². The molecule has 0 spiro atoms. The van der Waals surface area contributed by atoms with Crippen LogP contribution in [-0.2, 0) is 9.53 Å². The second kappa shape index (κ2) is 4.28.